The van der Waals surface area contributed by atoms with Crippen molar-refractivity contribution in [1.29, 1.82) is 0 Å². The SMILES string of the molecule is CCOC(=O)c1ccc(NC(c2cccs2)C(C)C)cc1. The first-order chi connectivity index (χ1) is 10.1. The highest BCUT2D eigenvalue weighted by atomic mass is 32.1. The van der Waals surface area contributed by atoms with Gasteiger partial charge in [-0.05, 0) is 48.6 Å². The average Bonchev–Trinajstić information content (AvgIpc) is 2.99. The van der Waals surface area contributed by atoms with Crippen molar-refractivity contribution in [2.24, 2.45) is 5.92 Å². The van der Waals surface area contributed by atoms with Gasteiger partial charge in [0.1, 0.15) is 0 Å². The maximum atomic E-state index is 11.6. The molecule has 0 aliphatic rings. The van der Waals surface area contributed by atoms with Crippen LogP contribution >= 0.6 is 11.3 Å². The molecule has 0 aliphatic carbocycles. The van der Waals surface area contributed by atoms with E-state index in [2.05, 4.69) is 36.7 Å². The highest BCUT2D eigenvalue weighted by Gasteiger charge is 2.16. The van der Waals surface area contributed by atoms with Crippen LogP contribution in [-0.2, 0) is 4.74 Å². The predicted molar refractivity (Wildman–Crippen MR) is 87.9 cm³/mol. The Morgan fingerprint density at radius 1 is 1.24 bits per heavy atom. The van der Waals surface area contributed by atoms with Crippen LogP contribution < -0.4 is 5.32 Å². The van der Waals surface area contributed by atoms with E-state index in [1.54, 1.807) is 23.5 Å². The molecule has 0 saturated heterocycles. The first-order valence-corrected chi connectivity index (χ1v) is 8.07. The Bertz CT molecular complexity index is 561. The van der Waals surface area contributed by atoms with Crippen molar-refractivity contribution in [3.63, 3.8) is 0 Å². The number of esters is 1. The Kier molecular flexibility index (Phi) is 5.39. The first kappa shape index (κ1) is 15.6. The lowest BCUT2D eigenvalue weighted by atomic mass is 10.0. The lowest BCUT2D eigenvalue weighted by molar-refractivity contribution is 0.0526. The second-order valence-corrected chi connectivity index (χ2v) is 6.16. The number of anilines is 1. The van der Waals surface area contributed by atoms with E-state index >= 15 is 0 Å². The molecule has 1 atom stereocenters. The maximum Gasteiger partial charge on any atom is 0.338 e. The topological polar surface area (TPSA) is 38.3 Å². The molecular formula is C17H21NO2S. The molecule has 2 aromatic rings. The molecule has 3 nitrogen and oxygen atoms in total. The van der Waals surface area contributed by atoms with Crippen molar-refractivity contribution in [2.45, 2.75) is 26.8 Å². The molecule has 0 radical (unpaired) electrons. The normalized spacial score (nSPS) is 12.2. The minimum Gasteiger partial charge on any atom is -0.462 e. The van der Waals surface area contributed by atoms with E-state index in [4.69, 9.17) is 4.74 Å². The van der Waals surface area contributed by atoms with Crippen LogP contribution in [0.25, 0.3) is 0 Å². The monoisotopic (exact) mass is 303 g/mol. The predicted octanol–water partition coefficient (Wildman–Crippen LogP) is 4.73. The van der Waals surface area contributed by atoms with Crippen LogP contribution in [0.15, 0.2) is 41.8 Å². The lowest BCUT2D eigenvalue weighted by Gasteiger charge is -2.22. The number of carbonyl (C=O) groups is 1. The van der Waals surface area contributed by atoms with Gasteiger partial charge in [0.05, 0.1) is 18.2 Å². The van der Waals surface area contributed by atoms with E-state index in [-0.39, 0.29) is 12.0 Å². The summed E-state index contributed by atoms with van der Waals surface area (Å²) >= 11 is 1.76. The number of ether oxygens (including phenoxy) is 1. The van der Waals surface area contributed by atoms with Gasteiger partial charge >= 0.3 is 5.97 Å². The number of rotatable bonds is 6. The molecule has 0 spiro atoms. The summed E-state index contributed by atoms with van der Waals surface area (Å²) in [7, 11) is 0. The van der Waals surface area contributed by atoms with Gasteiger partial charge in [0, 0.05) is 10.6 Å². The summed E-state index contributed by atoms with van der Waals surface area (Å²) < 4.78 is 4.99. The van der Waals surface area contributed by atoms with E-state index < -0.39 is 0 Å². The zero-order chi connectivity index (χ0) is 15.2. The number of thiophene rings is 1. The third kappa shape index (κ3) is 4.08. The summed E-state index contributed by atoms with van der Waals surface area (Å²) in [5, 5.41) is 5.63. The second kappa shape index (κ2) is 7.27. The first-order valence-electron chi connectivity index (χ1n) is 7.19. The molecule has 112 valence electrons. The lowest BCUT2D eigenvalue weighted by Crippen LogP contribution is -2.15. The zero-order valence-corrected chi connectivity index (χ0v) is 13.4. The van der Waals surface area contributed by atoms with E-state index in [1.807, 2.05) is 19.1 Å². The molecule has 0 amide bonds. The van der Waals surface area contributed by atoms with Gasteiger partial charge in [0.25, 0.3) is 0 Å². The molecule has 1 heterocycles. The molecule has 0 fully saturated rings. The molecule has 0 saturated carbocycles. The Labute approximate surface area is 130 Å². The number of nitrogens with one attached hydrogen (secondary N) is 1. The van der Waals surface area contributed by atoms with Crippen molar-refractivity contribution < 1.29 is 9.53 Å². The summed E-state index contributed by atoms with van der Waals surface area (Å²) in [6.07, 6.45) is 0. The fourth-order valence-electron chi connectivity index (χ4n) is 2.13. The van der Waals surface area contributed by atoms with Gasteiger partial charge in [-0.15, -0.1) is 11.3 Å². The Balaban J connectivity index is 2.10. The molecule has 1 N–H and O–H groups in total. The quantitative estimate of drug-likeness (QED) is 0.784. The van der Waals surface area contributed by atoms with Crippen LogP contribution in [0.5, 0.6) is 0 Å². The largest absolute Gasteiger partial charge is 0.462 e. The number of carbonyl (C=O) groups excluding carboxylic acids is 1. The average molecular weight is 303 g/mol. The molecule has 0 aliphatic heterocycles. The molecule has 1 aromatic carbocycles. The molecule has 1 aromatic heterocycles. The van der Waals surface area contributed by atoms with Crippen LogP contribution in [0, 0.1) is 5.92 Å². The molecular weight excluding hydrogens is 282 g/mol. The smallest absolute Gasteiger partial charge is 0.338 e. The van der Waals surface area contributed by atoms with E-state index in [9.17, 15) is 4.79 Å². The summed E-state index contributed by atoms with van der Waals surface area (Å²) in [4.78, 5) is 13.0. The molecule has 0 bridgehead atoms. The standard InChI is InChI=1S/C17H21NO2S/c1-4-20-17(19)13-7-9-14(10-8-13)18-16(12(2)3)15-6-5-11-21-15/h5-12,16,18H,4H2,1-3H3. The highest BCUT2D eigenvalue weighted by Crippen LogP contribution is 2.29. The van der Waals surface area contributed by atoms with Gasteiger partial charge in [-0.25, -0.2) is 4.79 Å². The van der Waals surface area contributed by atoms with Gasteiger partial charge < -0.3 is 10.1 Å². The molecule has 4 heteroatoms. The van der Waals surface area contributed by atoms with Crippen molar-refractivity contribution in [3.05, 3.63) is 52.2 Å². The summed E-state index contributed by atoms with van der Waals surface area (Å²) in [6, 6.07) is 11.9. The highest BCUT2D eigenvalue weighted by molar-refractivity contribution is 7.10. The van der Waals surface area contributed by atoms with Crippen LogP contribution in [0.3, 0.4) is 0 Å². The number of benzene rings is 1. The van der Waals surface area contributed by atoms with Gasteiger partial charge in [-0.2, -0.15) is 0 Å². The molecule has 2 rings (SSSR count). The second-order valence-electron chi connectivity index (χ2n) is 5.18. The minimum atomic E-state index is -0.275. The van der Waals surface area contributed by atoms with Gasteiger partial charge in [0.15, 0.2) is 0 Å². The van der Waals surface area contributed by atoms with Gasteiger partial charge in [0.2, 0.25) is 0 Å². The zero-order valence-electron chi connectivity index (χ0n) is 12.6. The van der Waals surface area contributed by atoms with Crippen molar-refractivity contribution in [2.75, 3.05) is 11.9 Å². The Morgan fingerprint density at radius 2 is 1.95 bits per heavy atom. The summed E-state index contributed by atoms with van der Waals surface area (Å²) in [5.74, 6) is 0.205. The third-order valence-electron chi connectivity index (χ3n) is 3.23. The van der Waals surface area contributed by atoms with Crippen LogP contribution in [-0.4, -0.2) is 12.6 Å². The van der Waals surface area contributed by atoms with Crippen LogP contribution in [0.1, 0.15) is 42.0 Å². The minimum absolute atomic E-state index is 0.275. The third-order valence-corrected chi connectivity index (χ3v) is 4.19. The summed E-state index contributed by atoms with van der Waals surface area (Å²) in [6.45, 7) is 6.60. The Hall–Kier alpha value is -1.81. The fourth-order valence-corrected chi connectivity index (χ4v) is 3.08. The molecule has 1 unspecified atom stereocenters. The van der Waals surface area contributed by atoms with Gasteiger partial charge in [-0.3, -0.25) is 0 Å². The van der Waals surface area contributed by atoms with E-state index in [0.29, 0.717) is 18.1 Å². The van der Waals surface area contributed by atoms with Crippen LogP contribution in [0.4, 0.5) is 5.69 Å². The van der Waals surface area contributed by atoms with E-state index in [0.717, 1.165) is 5.69 Å². The van der Waals surface area contributed by atoms with Gasteiger partial charge in [-0.1, -0.05) is 19.9 Å². The molecule has 21 heavy (non-hydrogen) atoms. The van der Waals surface area contributed by atoms with Crippen molar-refractivity contribution in [3.8, 4) is 0 Å². The number of hydrogen-bond acceptors (Lipinski definition) is 4. The maximum absolute atomic E-state index is 11.6. The van der Waals surface area contributed by atoms with Crippen LogP contribution in [0.2, 0.25) is 0 Å². The van der Waals surface area contributed by atoms with Crippen molar-refractivity contribution in [1.82, 2.24) is 0 Å². The Morgan fingerprint density at radius 3 is 2.48 bits per heavy atom. The van der Waals surface area contributed by atoms with E-state index in [1.165, 1.54) is 4.88 Å². The van der Waals surface area contributed by atoms with Crippen molar-refractivity contribution >= 4 is 23.0 Å². The number of hydrogen-bond donors (Lipinski definition) is 1. The summed E-state index contributed by atoms with van der Waals surface area (Å²) in [5.41, 5.74) is 1.59. The fraction of sp³-hybridized carbons (Fsp3) is 0.353.